The first-order chi connectivity index (χ1) is 14.5. The molecule has 0 aliphatic carbocycles. The number of allylic oxidation sites excluding steroid dienone is 1. The fourth-order valence-electron chi connectivity index (χ4n) is 2.81. The minimum absolute atomic E-state index is 0.0106. The van der Waals surface area contributed by atoms with Gasteiger partial charge in [0.05, 0.1) is 14.2 Å². The molecule has 0 bridgehead atoms. The van der Waals surface area contributed by atoms with Gasteiger partial charge in [0.15, 0.2) is 17.3 Å². The maximum atomic E-state index is 12.5. The second-order valence-electron chi connectivity index (χ2n) is 6.40. The quantitative estimate of drug-likeness (QED) is 0.341. The van der Waals surface area contributed by atoms with E-state index in [0.717, 1.165) is 21.3 Å². The van der Waals surface area contributed by atoms with Crippen molar-refractivity contribution < 1.29 is 24.1 Å². The summed E-state index contributed by atoms with van der Waals surface area (Å²) >= 11 is 3.40. The minimum atomic E-state index is -0.197. The minimum Gasteiger partial charge on any atom is -0.504 e. The lowest BCUT2D eigenvalue weighted by Gasteiger charge is -2.11. The van der Waals surface area contributed by atoms with Gasteiger partial charge in [-0.15, -0.1) is 0 Å². The second kappa shape index (κ2) is 9.98. The van der Waals surface area contributed by atoms with Crippen LogP contribution in [0.2, 0.25) is 0 Å². The molecule has 0 heterocycles. The van der Waals surface area contributed by atoms with Gasteiger partial charge in [0.2, 0.25) is 0 Å². The van der Waals surface area contributed by atoms with Crippen LogP contribution in [0.5, 0.6) is 23.0 Å². The monoisotopic (exact) mass is 468 g/mol. The number of halogens is 1. The summed E-state index contributed by atoms with van der Waals surface area (Å²) in [6.07, 6.45) is 3.21. The maximum absolute atomic E-state index is 12.5. The maximum Gasteiger partial charge on any atom is 0.185 e. The zero-order chi connectivity index (χ0) is 21.5. The highest BCUT2D eigenvalue weighted by molar-refractivity contribution is 9.10. The second-order valence-corrected chi connectivity index (χ2v) is 7.31. The van der Waals surface area contributed by atoms with Crippen LogP contribution in [0.1, 0.15) is 21.5 Å². The third kappa shape index (κ3) is 5.42. The van der Waals surface area contributed by atoms with Crippen LogP contribution in [0, 0.1) is 0 Å². The molecule has 6 heteroatoms. The van der Waals surface area contributed by atoms with E-state index in [1.165, 1.54) is 25.3 Å². The summed E-state index contributed by atoms with van der Waals surface area (Å²) in [4.78, 5) is 12.5. The van der Waals surface area contributed by atoms with Crippen LogP contribution >= 0.6 is 15.9 Å². The summed E-state index contributed by atoms with van der Waals surface area (Å²) in [5.74, 6) is 1.50. The lowest BCUT2D eigenvalue weighted by Crippen LogP contribution is -1.99. The first-order valence-corrected chi connectivity index (χ1v) is 9.94. The Morgan fingerprint density at radius 2 is 1.70 bits per heavy atom. The molecule has 0 saturated carbocycles. The van der Waals surface area contributed by atoms with Crippen molar-refractivity contribution in [3.8, 4) is 23.0 Å². The van der Waals surface area contributed by atoms with E-state index in [2.05, 4.69) is 15.9 Å². The van der Waals surface area contributed by atoms with Gasteiger partial charge in [-0.2, -0.15) is 0 Å². The Morgan fingerprint density at radius 1 is 0.967 bits per heavy atom. The molecule has 0 aliphatic rings. The number of hydrogen-bond donors (Lipinski definition) is 1. The number of methoxy groups -OCH3 is 2. The van der Waals surface area contributed by atoms with Gasteiger partial charge in [0.25, 0.3) is 0 Å². The molecule has 0 atom stereocenters. The molecule has 3 aromatic carbocycles. The summed E-state index contributed by atoms with van der Waals surface area (Å²) in [7, 11) is 3.05. The molecule has 30 heavy (non-hydrogen) atoms. The van der Waals surface area contributed by atoms with E-state index in [9.17, 15) is 9.90 Å². The van der Waals surface area contributed by atoms with Crippen LogP contribution in [0.15, 0.2) is 71.2 Å². The van der Waals surface area contributed by atoms with Gasteiger partial charge in [-0.05, 0) is 66.2 Å². The highest BCUT2D eigenvalue weighted by atomic mass is 79.9. The lowest BCUT2D eigenvalue weighted by molar-refractivity contribution is 0.104. The number of aromatic hydroxyl groups is 1. The van der Waals surface area contributed by atoms with Crippen molar-refractivity contribution in [2.45, 2.75) is 6.61 Å². The van der Waals surface area contributed by atoms with E-state index in [-0.39, 0.29) is 17.3 Å². The summed E-state index contributed by atoms with van der Waals surface area (Å²) in [5, 5.41) is 9.67. The van der Waals surface area contributed by atoms with Crippen LogP contribution in [-0.2, 0) is 6.61 Å². The highest BCUT2D eigenvalue weighted by Gasteiger charge is 2.09. The number of carbonyl (C=O) groups excluding carboxylic acids is 1. The Hall–Kier alpha value is -3.25. The third-order valence-corrected chi connectivity index (χ3v) is 4.93. The molecule has 0 unspecified atom stereocenters. The van der Waals surface area contributed by atoms with Gasteiger partial charge >= 0.3 is 0 Å². The Kier molecular flexibility index (Phi) is 7.14. The van der Waals surface area contributed by atoms with Gasteiger partial charge < -0.3 is 19.3 Å². The van der Waals surface area contributed by atoms with Crippen molar-refractivity contribution in [2.75, 3.05) is 14.2 Å². The molecule has 1 N–H and O–H groups in total. The van der Waals surface area contributed by atoms with Gasteiger partial charge in [-0.3, -0.25) is 4.79 Å². The number of phenolic OH excluding ortho intramolecular Hbond substituents is 1. The first-order valence-electron chi connectivity index (χ1n) is 9.15. The fraction of sp³-hybridized carbons (Fsp3) is 0.125. The molecule has 0 aliphatic heterocycles. The largest absolute Gasteiger partial charge is 0.504 e. The van der Waals surface area contributed by atoms with Crippen molar-refractivity contribution in [1.82, 2.24) is 0 Å². The number of carbonyl (C=O) groups is 1. The van der Waals surface area contributed by atoms with Crippen molar-refractivity contribution in [2.24, 2.45) is 0 Å². The van der Waals surface area contributed by atoms with Crippen LogP contribution in [0.3, 0.4) is 0 Å². The SMILES string of the molecule is COc1cc(C(=O)/C=C/c2ccc(OC)c(COc3ccc(Br)cc3)c2)ccc1O. The van der Waals surface area contributed by atoms with E-state index < -0.39 is 0 Å². The smallest absolute Gasteiger partial charge is 0.185 e. The van der Waals surface area contributed by atoms with Crippen molar-refractivity contribution in [3.63, 3.8) is 0 Å². The normalized spacial score (nSPS) is 10.8. The summed E-state index contributed by atoms with van der Waals surface area (Å²) < 4.78 is 17.3. The van der Waals surface area contributed by atoms with Crippen molar-refractivity contribution in [1.29, 1.82) is 0 Å². The van der Waals surface area contributed by atoms with Crippen LogP contribution in [-0.4, -0.2) is 25.1 Å². The van der Waals surface area contributed by atoms with Gasteiger partial charge in [-0.25, -0.2) is 0 Å². The molecular formula is C24H21BrO5. The molecule has 0 fully saturated rings. The molecule has 0 spiro atoms. The van der Waals surface area contributed by atoms with Crippen LogP contribution < -0.4 is 14.2 Å². The number of rotatable bonds is 8. The predicted octanol–water partition coefficient (Wildman–Crippen LogP) is 5.65. The predicted molar refractivity (Wildman–Crippen MR) is 119 cm³/mol. The summed E-state index contributed by atoms with van der Waals surface area (Å²) in [5.41, 5.74) is 2.12. The van der Waals surface area contributed by atoms with Crippen molar-refractivity contribution in [3.05, 3.63) is 87.9 Å². The number of phenols is 1. The molecular weight excluding hydrogens is 448 g/mol. The van der Waals surface area contributed by atoms with E-state index in [0.29, 0.717) is 17.9 Å². The zero-order valence-electron chi connectivity index (χ0n) is 16.6. The topological polar surface area (TPSA) is 65.0 Å². The number of ether oxygens (including phenoxy) is 3. The Morgan fingerprint density at radius 3 is 2.40 bits per heavy atom. The van der Waals surface area contributed by atoms with Crippen LogP contribution in [0.4, 0.5) is 0 Å². The summed E-state index contributed by atoms with van der Waals surface area (Å²) in [6, 6.07) is 17.7. The molecule has 3 aromatic rings. The Labute approximate surface area is 183 Å². The standard InChI is InChI=1S/C24H21BrO5/c1-28-23-12-4-16(13-18(23)15-30-20-8-6-19(25)7-9-20)3-10-21(26)17-5-11-22(27)24(14-17)29-2/h3-14,27H,15H2,1-2H3/b10-3+. The highest BCUT2D eigenvalue weighted by Crippen LogP contribution is 2.27. The number of benzene rings is 3. The van der Waals surface area contributed by atoms with E-state index in [1.807, 2.05) is 42.5 Å². The number of hydrogen-bond acceptors (Lipinski definition) is 5. The van der Waals surface area contributed by atoms with Crippen LogP contribution in [0.25, 0.3) is 6.08 Å². The lowest BCUT2D eigenvalue weighted by atomic mass is 10.1. The Balaban J connectivity index is 1.75. The first kappa shape index (κ1) is 21.5. The molecule has 5 nitrogen and oxygen atoms in total. The molecule has 0 radical (unpaired) electrons. The average Bonchev–Trinajstić information content (AvgIpc) is 2.77. The molecule has 3 rings (SSSR count). The van der Waals surface area contributed by atoms with Gasteiger partial charge in [0.1, 0.15) is 18.1 Å². The van der Waals surface area contributed by atoms with Gasteiger partial charge in [0, 0.05) is 15.6 Å². The molecule has 0 amide bonds. The van der Waals surface area contributed by atoms with E-state index >= 15 is 0 Å². The molecule has 0 saturated heterocycles. The van der Waals surface area contributed by atoms with Crippen molar-refractivity contribution >= 4 is 27.8 Å². The van der Waals surface area contributed by atoms with Gasteiger partial charge in [-0.1, -0.05) is 28.1 Å². The molecule has 154 valence electrons. The zero-order valence-corrected chi connectivity index (χ0v) is 18.2. The summed E-state index contributed by atoms with van der Waals surface area (Å²) in [6.45, 7) is 0.329. The van der Waals surface area contributed by atoms with E-state index in [4.69, 9.17) is 14.2 Å². The Bertz CT molecular complexity index is 1060. The third-order valence-electron chi connectivity index (χ3n) is 4.40. The fourth-order valence-corrected chi connectivity index (χ4v) is 3.07. The van der Waals surface area contributed by atoms with E-state index in [1.54, 1.807) is 19.3 Å². The number of ketones is 1. The average molecular weight is 469 g/mol. The molecule has 0 aromatic heterocycles.